The van der Waals surface area contributed by atoms with Crippen LogP contribution in [0.5, 0.6) is 0 Å². The van der Waals surface area contributed by atoms with Crippen LogP contribution in [0.4, 0.5) is 10.1 Å². The number of esters is 1. The maximum Gasteiger partial charge on any atom is 0.326 e. The number of benzene rings is 1. The van der Waals surface area contributed by atoms with Crippen LogP contribution in [0.3, 0.4) is 0 Å². The van der Waals surface area contributed by atoms with Crippen LogP contribution in [0.1, 0.15) is 0 Å². The zero-order valence-electron chi connectivity index (χ0n) is 7.74. The van der Waals surface area contributed by atoms with E-state index in [1.54, 1.807) is 12.1 Å². The molecule has 0 spiro atoms. The van der Waals surface area contributed by atoms with Gasteiger partial charge in [0.2, 0.25) is 0 Å². The van der Waals surface area contributed by atoms with Crippen molar-refractivity contribution in [2.45, 2.75) is 0 Å². The average molecular weight is 198 g/mol. The number of hydrogen-bond donors (Lipinski definition) is 1. The van der Waals surface area contributed by atoms with Gasteiger partial charge in [-0.25, -0.2) is 10.2 Å². The first-order chi connectivity index (χ1) is 6.65. The topological polar surface area (TPSA) is 55.6 Å². The Balaban J connectivity index is 2.74. The number of rotatable bonds is 3. The van der Waals surface area contributed by atoms with Crippen molar-refractivity contribution in [1.29, 1.82) is 0 Å². The molecule has 76 valence electrons. The monoisotopic (exact) mass is 198 g/mol. The molecule has 0 aliphatic heterocycles. The van der Waals surface area contributed by atoms with E-state index in [0.29, 0.717) is 0 Å². The van der Waals surface area contributed by atoms with Gasteiger partial charge in [-0.15, -0.1) is 0 Å². The number of hydrogen-bond acceptors (Lipinski definition) is 4. The van der Waals surface area contributed by atoms with Crippen molar-refractivity contribution in [3.8, 4) is 0 Å². The van der Waals surface area contributed by atoms with E-state index in [4.69, 9.17) is 5.84 Å². The fourth-order valence-electron chi connectivity index (χ4n) is 0.973. The van der Waals surface area contributed by atoms with Crippen LogP contribution in [0.15, 0.2) is 24.3 Å². The summed E-state index contributed by atoms with van der Waals surface area (Å²) in [6.45, 7) is -0.183. The number of hydrazine groups is 1. The van der Waals surface area contributed by atoms with Crippen LogP contribution in [0.2, 0.25) is 0 Å². The van der Waals surface area contributed by atoms with Crippen LogP contribution in [-0.4, -0.2) is 19.6 Å². The lowest BCUT2D eigenvalue weighted by Crippen LogP contribution is -2.37. The van der Waals surface area contributed by atoms with E-state index in [0.717, 1.165) is 5.01 Å². The second kappa shape index (κ2) is 4.57. The van der Waals surface area contributed by atoms with E-state index >= 15 is 0 Å². The third-order valence-electron chi connectivity index (χ3n) is 1.69. The van der Waals surface area contributed by atoms with Crippen molar-refractivity contribution < 1.29 is 13.9 Å². The van der Waals surface area contributed by atoms with Crippen molar-refractivity contribution >= 4 is 11.7 Å². The molecule has 1 rings (SSSR count). The minimum Gasteiger partial charge on any atom is -0.468 e. The molecule has 0 aliphatic carbocycles. The van der Waals surface area contributed by atoms with Crippen LogP contribution >= 0.6 is 0 Å². The summed E-state index contributed by atoms with van der Waals surface area (Å²) in [5.41, 5.74) is 0.165. The first-order valence-corrected chi connectivity index (χ1v) is 3.98. The fraction of sp³-hybridized carbons (Fsp3) is 0.222. The van der Waals surface area contributed by atoms with Gasteiger partial charge in [0.1, 0.15) is 12.4 Å². The number of carbonyl (C=O) groups is 1. The molecule has 5 heteroatoms. The fourth-order valence-corrected chi connectivity index (χ4v) is 0.973. The van der Waals surface area contributed by atoms with Gasteiger partial charge < -0.3 is 4.74 Å². The molecule has 0 aromatic heterocycles. The number of nitrogens with zero attached hydrogens (tertiary/aromatic N) is 1. The summed E-state index contributed by atoms with van der Waals surface area (Å²) in [5.74, 6) is 4.47. The lowest BCUT2D eigenvalue weighted by atomic mass is 10.3. The SMILES string of the molecule is COC(=O)CN(N)c1ccccc1F. The molecule has 1 aromatic carbocycles. The smallest absolute Gasteiger partial charge is 0.326 e. The predicted octanol–water partition coefficient (Wildman–Crippen LogP) is 0.679. The summed E-state index contributed by atoms with van der Waals surface area (Å²) in [5, 5.41) is 1.00. The maximum absolute atomic E-state index is 13.1. The van der Waals surface area contributed by atoms with Gasteiger partial charge >= 0.3 is 5.97 Å². The Bertz CT molecular complexity index is 330. The highest BCUT2D eigenvalue weighted by Gasteiger charge is 2.10. The quantitative estimate of drug-likeness (QED) is 0.441. The third-order valence-corrected chi connectivity index (χ3v) is 1.69. The van der Waals surface area contributed by atoms with Crippen LogP contribution in [0.25, 0.3) is 0 Å². The highest BCUT2D eigenvalue weighted by Crippen LogP contribution is 2.15. The van der Waals surface area contributed by atoms with E-state index in [-0.39, 0.29) is 12.2 Å². The number of ether oxygens (including phenoxy) is 1. The molecule has 0 aliphatic rings. The molecule has 0 saturated carbocycles. The second-order valence-corrected chi connectivity index (χ2v) is 2.66. The van der Waals surface area contributed by atoms with E-state index in [1.165, 1.54) is 19.2 Å². The first-order valence-electron chi connectivity index (χ1n) is 3.98. The van der Waals surface area contributed by atoms with E-state index in [9.17, 15) is 9.18 Å². The van der Waals surface area contributed by atoms with Gasteiger partial charge in [-0.1, -0.05) is 12.1 Å². The number of methoxy groups -OCH3 is 1. The van der Waals surface area contributed by atoms with Gasteiger partial charge in [0.05, 0.1) is 12.8 Å². The summed E-state index contributed by atoms with van der Waals surface area (Å²) in [4.78, 5) is 10.8. The van der Waals surface area contributed by atoms with Crippen molar-refractivity contribution in [3.63, 3.8) is 0 Å². The number of nitrogens with two attached hydrogens (primary N) is 1. The van der Waals surface area contributed by atoms with Crippen molar-refractivity contribution in [1.82, 2.24) is 0 Å². The summed E-state index contributed by atoms with van der Waals surface area (Å²) < 4.78 is 17.5. The van der Waals surface area contributed by atoms with Crippen LogP contribution in [0, 0.1) is 5.82 Å². The summed E-state index contributed by atoms with van der Waals surface area (Å²) in [6.07, 6.45) is 0. The molecule has 0 unspecified atom stereocenters. The van der Waals surface area contributed by atoms with E-state index < -0.39 is 11.8 Å². The molecule has 0 fully saturated rings. The van der Waals surface area contributed by atoms with Crippen LogP contribution in [-0.2, 0) is 9.53 Å². The zero-order valence-corrected chi connectivity index (χ0v) is 7.74. The van der Waals surface area contributed by atoms with Crippen LogP contribution < -0.4 is 10.9 Å². The highest BCUT2D eigenvalue weighted by atomic mass is 19.1. The molecule has 0 bridgehead atoms. The normalized spacial score (nSPS) is 9.64. The second-order valence-electron chi connectivity index (χ2n) is 2.66. The summed E-state index contributed by atoms with van der Waals surface area (Å²) >= 11 is 0. The third kappa shape index (κ3) is 2.43. The van der Waals surface area contributed by atoms with Gasteiger partial charge in [0.15, 0.2) is 0 Å². The molecule has 0 radical (unpaired) electrons. The molecule has 14 heavy (non-hydrogen) atoms. The van der Waals surface area contributed by atoms with Gasteiger partial charge in [-0.3, -0.25) is 9.80 Å². The molecule has 4 nitrogen and oxygen atoms in total. The minimum atomic E-state index is -0.518. The van der Waals surface area contributed by atoms with Gasteiger partial charge in [0, 0.05) is 0 Å². The number of para-hydroxylation sites is 1. The number of halogens is 1. The summed E-state index contributed by atoms with van der Waals surface area (Å²) in [7, 11) is 1.25. The number of anilines is 1. The van der Waals surface area contributed by atoms with E-state index in [1.807, 2.05) is 0 Å². The molecule has 0 heterocycles. The number of carbonyl (C=O) groups excluding carboxylic acids is 1. The molecule has 1 aromatic rings. The summed E-state index contributed by atoms with van der Waals surface area (Å²) in [6, 6.07) is 5.94. The molecular weight excluding hydrogens is 187 g/mol. The lowest BCUT2D eigenvalue weighted by molar-refractivity contribution is -0.138. The Morgan fingerprint density at radius 2 is 2.21 bits per heavy atom. The standard InChI is InChI=1S/C9H11FN2O2/c1-14-9(13)6-12(11)8-5-3-2-4-7(8)10/h2-5H,6,11H2,1H3. The zero-order chi connectivity index (χ0) is 10.6. The van der Waals surface area contributed by atoms with Gasteiger partial charge in [-0.05, 0) is 12.1 Å². The molecule has 2 N–H and O–H groups in total. The Labute approximate surface area is 81.0 Å². The Morgan fingerprint density at radius 1 is 1.57 bits per heavy atom. The Kier molecular flexibility index (Phi) is 3.41. The van der Waals surface area contributed by atoms with E-state index in [2.05, 4.69) is 4.74 Å². The van der Waals surface area contributed by atoms with Gasteiger partial charge in [0.25, 0.3) is 0 Å². The lowest BCUT2D eigenvalue weighted by Gasteiger charge is -2.17. The minimum absolute atomic E-state index is 0.165. The highest BCUT2D eigenvalue weighted by molar-refractivity contribution is 5.75. The molecular formula is C9H11FN2O2. The van der Waals surface area contributed by atoms with Crippen molar-refractivity contribution in [2.75, 3.05) is 18.7 Å². The van der Waals surface area contributed by atoms with Crippen molar-refractivity contribution in [2.24, 2.45) is 5.84 Å². The molecule has 0 amide bonds. The predicted molar refractivity (Wildman–Crippen MR) is 49.9 cm³/mol. The Morgan fingerprint density at radius 3 is 2.79 bits per heavy atom. The molecule has 0 atom stereocenters. The largest absolute Gasteiger partial charge is 0.468 e. The first kappa shape index (κ1) is 10.5. The maximum atomic E-state index is 13.1. The van der Waals surface area contributed by atoms with Gasteiger partial charge in [-0.2, -0.15) is 0 Å². The van der Waals surface area contributed by atoms with Crippen molar-refractivity contribution in [3.05, 3.63) is 30.1 Å². The Hall–Kier alpha value is -1.62. The average Bonchev–Trinajstić information content (AvgIpc) is 2.18. The molecule has 0 saturated heterocycles.